The summed E-state index contributed by atoms with van der Waals surface area (Å²) < 4.78 is 5.34. The topological polar surface area (TPSA) is 55.4 Å². The molecule has 0 spiro atoms. The molecule has 0 aromatic heterocycles. The van der Waals surface area contributed by atoms with E-state index >= 15 is 0 Å². The molecular formula is C24H33NO3. The lowest BCUT2D eigenvalue weighted by atomic mass is 9.49. The van der Waals surface area contributed by atoms with Gasteiger partial charge >= 0.3 is 5.97 Å². The summed E-state index contributed by atoms with van der Waals surface area (Å²) in [5.74, 6) is 2.50. The zero-order valence-corrected chi connectivity index (χ0v) is 17.2. The number of carbonyl (C=O) groups is 2. The van der Waals surface area contributed by atoms with Gasteiger partial charge in [0, 0.05) is 5.69 Å². The van der Waals surface area contributed by atoms with Gasteiger partial charge in [-0.15, -0.1) is 0 Å². The van der Waals surface area contributed by atoms with Gasteiger partial charge in [-0.1, -0.05) is 26.0 Å². The van der Waals surface area contributed by atoms with Crippen molar-refractivity contribution >= 4 is 17.6 Å². The van der Waals surface area contributed by atoms with Crippen molar-refractivity contribution < 1.29 is 14.3 Å². The van der Waals surface area contributed by atoms with E-state index in [1.54, 1.807) is 0 Å². The van der Waals surface area contributed by atoms with Crippen LogP contribution in [0.15, 0.2) is 24.3 Å². The van der Waals surface area contributed by atoms with Crippen LogP contribution in [0, 0.1) is 23.2 Å². The molecule has 28 heavy (non-hydrogen) atoms. The second-order valence-corrected chi connectivity index (χ2v) is 9.73. The lowest BCUT2D eigenvalue weighted by Gasteiger charge is -2.56. The van der Waals surface area contributed by atoms with E-state index in [1.807, 2.05) is 24.3 Å². The minimum Gasteiger partial charge on any atom is -0.456 e. The van der Waals surface area contributed by atoms with Crippen LogP contribution in [-0.4, -0.2) is 18.5 Å². The number of nitrogens with one attached hydrogen (secondary N) is 1. The molecule has 0 saturated heterocycles. The Morgan fingerprint density at radius 1 is 1.07 bits per heavy atom. The SMILES string of the molecule is CC[C@@H](C)c1ccc(NC(=O)COC(=O)CC23CC4CC(CC(C4)C2)C3)cc1. The van der Waals surface area contributed by atoms with Crippen molar-refractivity contribution in [1.82, 2.24) is 0 Å². The molecule has 4 fully saturated rings. The number of amides is 1. The summed E-state index contributed by atoms with van der Waals surface area (Å²) in [6, 6.07) is 7.92. The molecule has 4 nitrogen and oxygen atoms in total. The molecule has 4 aliphatic carbocycles. The van der Waals surface area contributed by atoms with Gasteiger partial charge in [0.2, 0.25) is 0 Å². The summed E-state index contributed by atoms with van der Waals surface area (Å²) in [5.41, 5.74) is 2.17. The number of anilines is 1. The molecule has 1 aromatic rings. The maximum atomic E-state index is 12.4. The van der Waals surface area contributed by atoms with Gasteiger partial charge in [-0.2, -0.15) is 0 Å². The smallest absolute Gasteiger partial charge is 0.306 e. The van der Waals surface area contributed by atoms with E-state index in [0.717, 1.165) is 29.9 Å². The van der Waals surface area contributed by atoms with Crippen LogP contribution in [0.25, 0.3) is 0 Å². The highest BCUT2D eigenvalue weighted by Crippen LogP contribution is 2.61. The third kappa shape index (κ3) is 4.26. The largest absolute Gasteiger partial charge is 0.456 e. The number of hydrogen-bond acceptors (Lipinski definition) is 3. The minimum absolute atomic E-state index is 0.161. The highest BCUT2D eigenvalue weighted by Gasteiger charge is 2.51. The van der Waals surface area contributed by atoms with Crippen molar-refractivity contribution in [3.63, 3.8) is 0 Å². The second kappa shape index (κ2) is 7.88. The van der Waals surface area contributed by atoms with E-state index in [2.05, 4.69) is 19.2 Å². The molecule has 152 valence electrons. The van der Waals surface area contributed by atoms with Crippen LogP contribution in [0.4, 0.5) is 5.69 Å². The molecule has 0 heterocycles. The molecule has 0 aliphatic heterocycles. The van der Waals surface area contributed by atoms with Gasteiger partial charge in [0.25, 0.3) is 5.91 Å². The summed E-state index contributed by atoms with van der Waals surface area (Å²) in [4.78, 5) is 24.6. The molecule has 1 N–H and O–H groups in total. The maximum absolute atomic E-state index is 12.4. The van der Waals surface area contributed by atoms with Gasteiger partial charge in [0.05, 0.1) is 6.42 Å². The van der Waals surface area contributed by atoms with Gasteiger partial charge in [-0.3, -0.25) is 9.59 Å². The van der Waals surface area contributed by atoms with Crippen LogP contribution in [-0.2, 0) is 14.3 Å². The minimum atomic E-state index is -0.268. The van der Waals surface area contributed by atoms with Crippen LogP contribution < -0.4 is 5.32 Å². The number of ether oxygens (including phenoxy) is 1. The first-order chi connectivity index (χ1) is 13.4. The third-order valence-electron chi connectivity index (χ3n) is 7.42. The Kier molecular flexibility index (Phi) is 5.48. The predicted octanol–water partition coefficient (Wildman–Crippen LogP) is 5.29. The summed E-state index contributed by atoms with van der Waals surface area (Å²) in [5, 5.41) is 2.82. The van der Waals surface area contributed by atoms with Crippen LogP contribution in [0.2, 0.25) is 0 Å². The first-order valence-electron chi connectivity index (χ1n) is 11.0. The quantitative estimate of drug-likeness (QED) is 0.651. The van der Waals surface area contributed by atoms with Crippen molar-refractivity contribution in [2.24, 2.45) is 23.2 Å². The van der Waals surface area contributed by atoms with Crippen molar-refractivity contribution in [1.29, 1.82) is 0 Å². The van der Waals surface area contributed by atoms with Crippen LogP contribution in [0.3, 0.4) is 0 Å². The Labute approximate surface area is 168 Å². The van der Waals surface area contributed by atoms with Crippen molar-refractivity contribution in [2.75, 3.05) is 11.9 Å². The predicted molar refractivity (Wildman–Crippen MR) is 110 cm³/mol. The first kappa shape index (κ1) is 19.5. The van der Waals surface area contributed by atoms with Gasteiger partial charge in [0.15, 0.2) is 6.61 Å². The van der Waals surface area contributed by atoms with E-state index < -0.39 is 0 Å². The molecular weight excluding hydrogens is 350 g/mol. The molecule has 0 unspecified atom stereocenters. The fourth-order valence-corrected chi connectivity index (χ4v) is 6.34. The molecule has 4 aliphatic rings. The molecule has 1 amide bonds. The summed E-state index contributed by atoms with van der Waals surface area (Å²) in [7, 11) is 0. The van der Waals surface area contributed by atoms with E-state index in [9.17, 15) is 9.59 Å². The molecule has 1 atom stereocenters. The number of esters is 1. The molecule has 1 aromatic carbocycles. The Hall–Kier alpha value is -1.84. The molecule has 4 saturated carbocycles. The Bertz CT molecular complexity index is 689. The number of carbonyl (C=O) groups excluding carboxylic acids is 2. The van der Waals surface area contributed by atoms with Crippen LogP contribution in [0.1, 0.15) is 76.7 Å². The van der Waals surface area contributed by atoms with Gasteiger partial charge in [-0.05, 0) is 91.7 Å². The monoisotopic (exact) mass is 383 g/mol. The highest BCUT2D eigenvalue weighted by atomic mass is 16.5. The van der Waals surface area contributed by atoms with E-state index in [-0.39, 0.29) is 23.9 Å². The number of rotatable bonds is 7. The van der Waals surface area contributed by atoms with Crippen molar-refractivity contribution in [2.45, 2.75) is 71.1 Å². The van der Waals surface area contributed by atoms with Gasteiger partial charge in [-0.25, -0.2) is 0 Å². The zero-order chi connectivity index (χ0) is 19.7. The maximum Gasteiger partial charge on any atom is 0.306 e. The van der Waals surface area contributed by atoms with Crippen LogP contribution in [0.5, 0.6) is 0 Å². The standard InChI is InChI=1S/C24H33NO3/c1-3-16(2)20-4-6-21(7-5-20)25-22(26)15-28-23(27)14-24-11-17-8-18(12-24)10-19(9-17)13-24/h4-7,16-19H,3,8-15H2,1-2H3,(H,25,26)/t16-,17?,18?,19?,24?/m1/s1. The van der Waals surface area contributed by atoms with Crippen LogP contribution >= 0.6 is 0 Å². The molecule has 4 heteroatoms. The lowest BCUT2D eigenvalue weighted by Crippen LogP contribution is -2.47. The van der Waals surface area contributed by atoms with E-state index in [4.69, 9.17) is 4.74 Å². The Morgan fingerprint density at radius 2 is 1.64 bits per heavy atom. The number of benzene rings is 1. The van der Waals surface area contributed by atoms with E-state index in [0.29, 0.717) is 12.3 Å². The fraction of sp³-hybridized carbons (Fsp3) is 0.667. The summed E-state index contributed by atoms with van der Waals surface area (Å²) in [6.07, 6.45) is 9.23. The third-order valence-corrected chi connectivity index (χ3v) is 7.42. The van der Waals surface area contributed by atoms with Crippen molar-refractivity contribution in [3.05, 3.63) is 29.8 Å². The van der Waals surface area contributed by atoms with Gasteiger partial charge in [0.1, 0.15) is 0 Å². The summed E-state index contributed by atoms with van der Waals surface area (Å²) in [6.45, 7) is 4.16. The second-order valence-electron chi connectivity index (χ2n) is 9.73. The zero-order valence-electron chi connectivity index (χ0n) is 17.2. The normalized spacial score (nSPS) is 31.4. The average Bonchev–Trinajstić information content (AvgIpc) is 2.65. The molecule has 5 rings (SSSR count). The summed E-state index contributed by atoms with van der Waals surface area (Å²) >= 11 is 0. The van der Waals surface area contributed by atoms with E-state index in [1.165, 1.54) is 44.1 Å². The first-order valence-corrected chi connectivity index (χ1v) is 11.0. The Morgan fingerprint density at radius 3 is 2.18 bits per heavy atom. The Balaban J connectivity index is 1.24. The molecule has 4 bridgehead atoms. The lowest BCUT2D eigenvalue weighted by molar-refractivity contribution is -0.154. The number of hydrogen-bond donors (Lipinski definition) is 1. The fourth-order valence-electron chi connectivity index (χ4n) is 6.34. The molecule has 0 radical (unpaired) electrons. The van der Waals surface area contributed by atoms with Gasteiger partial charge < -0.3 is 10.1 Å². The average molecular weight is 384 g/mol. The van der Waals surface area contributed by atoms with Crippen molar-refractivity contribution in [3.8, 4) is 0 Å². The highest BCUT2D eigenvalue weighted by molar-refractivity contribution is 5.92.